The van der Waals surface area contributed by atoms with Gasteiger partial charge in [-0.2, -0.15) is 0 Å². The Kier molecular flexibility index (Phi) is 3.17. The number of carbonyl (C=O) groups excluding carboxylic acids is 1. The third-order valence-corrected chi connectivity index (χ3v) is 7.66. The van der Waals surface area contributed by atoms with Crippen molar-refractivity contribution in [3.63, 3.8) is 0 Å². The van der Waals surface area contributed by atoms with E-state index in [0.29, 0.717) is 11.2 Å². The number of allylic oxidation sites excluding steroid dienone is 2. The van der Waals surface area contributed by atoms with Crippen molar-refractivity contribution in [3.05, 3.63) is 24.3 Å². The monoisotopic (exact) mass is 284 g/mol. The van der Waals surface area contributed by atoms with E-state index in [-0.39, 0.29) is 0 Å². The summed E-state index contributed by atoms with van der Waals surface area (Å²) in [4.78, 5) is 11.7. The van der Waals surface area contributed by atoms with Crippen molar-refractivity contribution in [1.82, 2.24) is 0 Å². The number of fused-ring (bicyclic) bond motifs is 5. The molecule has 0 amide bonds. The van der Waals surface area contributed by atoms with Gasteiger partial charge >= 0.3 is 0 Å². The van der Waals surface area contributed by atoms with Crippen LogP contribution in [0.2, 0.25) is 0 Å². The molecule has 0 bridgehead atoms. The van der Waals surface area contributed by atoms with Gasteiger partial charge in [-0.05, 0) is 86.0 Å². The standard InChI is InChI=1S/C20H28O/c1-3-14-5-9-19-18-7-4-13-12-15(21)6-8-16(13)17(18)10-11-20(14,19)2/h3,12,14,16-19H,1,4-11H2,2H3/t14-,16-,17?,18?,19?,20+/m0/s1. The molecule has 4 rings (SSSR count). The average Bonchev–Trinajstić information content (AvgIpc) is 2.83. The lowest BCUT2D eigenvalue weighted by Crippen LogP contribution is -2.46. The normalized spacial score (nSPS) is 48.9. The first-order chi connectivity index (χ1) is 10.1. The molecule has 6 atom stereocenters. The third-order valence-electron chi connectivity index (χ3n) is 7.66. The average molecular weight is 284 g/mol. The summed E-state index contributed by atoms with van der Waals surface area (Å²) in [7, 11) is 0. The molecule has 0 aromatic rings. The van der Waals surface area contributed by atoms with Crippen molar-refractivity contribution in [1.29, 1.82) is 0 Å². The Morgan fingerprint density at radius 3 is 2.81 bits per heavy atom. The van der Waals surface area contributed by atoms with Crippen LogP contribution in [-0.2, 0) is 4.79 Å². The van der Waals surface area contributed by atoms with Gasteiger partial charge in [-0.25, -0.2) is 0 Å². The number of carbonyl (C=O) groups is 1. The van der Waals surface area contributed by atoms with Crippen molar-refractivity contribution in [2.24, 2.45) is 35.0 Å². The van der Waals surface area contributed by atoms with Crippen molar-refractivity contribution >= 4 is 5.78 Å². The lowest BCUT2D eigenvalue weighted by atomic mass is 9.51. The van der Waals surface area contributed by atoms with E-state index in [9.17, 15) is 4.79 Å². The summed E-state index contributed by atoms with van der Waals surface area (Å²) >= 11 is 0. The Labute approximate surface area is 128 Å². The van der Waals surface area contributed by atoms with Crippen LogP contribution < -0.4 is 0 Å². The van der Waals surface area contributed by atoms with Crippen LogP contribution in [0.5, 0.6) is 0 Å². The first-order valence-corrected chi connectivity index (χ1v) is 8.99. The minimum Gasteiger partial charge on any atom is -0.295 e. The third kappa shape index (κ3) is 1.92. The maximum absolute atomic E-state index is 11.7. The molecule has 3 unspecified atom stereocenters. The van der Waals surface area contributed by atoms with Crippen LogP contribution in [0.1, 0.15) is 58.3 Å². The fraction of sp³-hybridized carbons (Fsp3) is 0.750. The first-order valence-electron chi connectivity index (χ1n) is 8.99. The highest BCUT2D eigenvalue weighted by Gasteiger charge is 2.55. The second-order valence-electron chi connectivity index (χ2n) is 8.27. The van der Waals surface area contributed by atoms with Crippen molar-refractivity contribution < 1.29 is 4.79 Å². The van der Waals surface area contributed by atoms with E-state index in [1.54, 1.807) is 0 Å². The van der Waals surface area contributed by atoms with Crippen molar-refractivity contribution in [2.75, 3.05) is 0 Å². The Hall–Kier alpha value is -0.850. The summed E-state index contributed by atoms with van der Waals surface area (Å²) in [6, 6.07) is 0. The van der Waals surface area contributed by atoms with E-state index >= 15 is 0 Å². The summed E-state index contributed by atoms with van der Waals surface area (Å²) in [5.74, 6) is 4.58. The molecular weight excluding hydrogens is 256 g/mol. The zero-order valence-corrected chi connectivity index (χ0v) is 13.3. The Morgan fingerprint density at radius 1 is 1.14 bits per heavy atom. The fourth-order valence-electron chi connectivity index (χ4n) is 6.61. The maximum Gasteiger partial charge on any atom is 0.155 e. The molecule has 0 aliphatic heterocycles. The van der Waals surface area contributed by atoms with Crippen LogP contribution in [0.4, 0.5) is 0 Å². The number of hydrogen-bond donors (Lipinski definition) is 0. The van der Waals surface area contributed by atoms with Gasteiger partial charge in [0.1, 0.15) is 0 Å². The molecule has 1 heteroatoms. The molecule has 1 nitrogen and oxygen atoms in total. The molecule has 0 radical (unpaired) electrons. The van der Waals surface area contributed by atoms with Gasteiger partial charge in [0.25, 0.3) is 0 Å². The zero-order chi connectivity index (χ0) is 14.6. The molecule has 114 valence electrons. The summed E-state index contributed by atoms with van der Waals surface area (Å²) in [5, 5.41) is 0. The minimum atomic E-state index is 0.382. The molecule has 0 saturated heterocycles. The highest BCUT2D eigenvalue weighted by molar-refractivity contribution is 5.91. The largest absolute Gasteiger partial charge is 0.295 e. The first kappa shape index (κ1) is 13.8. The van der Waals surface area contributed by atoms with Gasteiger partial charge in [0.05, 0.1) is 0 Å². The van der Waals surface area contributed by atoms with Crippen LogP contribution >= 0.6 is 0 Å². The second-order valence-corrected chi connectivity index (χ2v) is 8.27. The zero-order valence-electron chi connectivity index (χ0n) is 13.3. The molecule has 3 saturated carbocycles. The van der Waals surface area contributed by atoms with Gasteiger partial charge in [0.2, 0.25) is 0 Å². The van der Waals surface area contributed by atoms with E-state index in [0.717, 1.165) is 42.4 Å². The quantitative estimate of drug-likeness (QED) is 0.624. The summed E-state index contributed by atoms with van der Waals surface area (Å²) in [6.45, 7) is 6.65. The molecule has 0 heterocycles. The Bertz CT molecular complexity index is 502. The van der Waals surface area contributed by atoms with Crippen molar-refractivity contribution in [3.8, 4) is 0 Å². The molecule has 3 fully saturated rings. The second kappa shape index (κ2) is 4.83. The minimum absolute atomic E-state index is 0.382. The lowest BCUT2D eigenvalue weighted by Gasteiger charge is -2.53. The van der Waals surface area contributed by atoms with E-state index in [4.69, 9.17) is 0 Å². The molecule has 0 N–H and O–H groups in total. The van der Waals surface area contributed by atoms with Gasteiger partial charge in [-0.15, -0.1) is 6.58 Å². The van der Waals surface area contributed by atoms with Crippen molar-refractivity contribution in [2.45, 2.75) is 58.3 Å². The highest BCUT2D eigenvalue weighted by Crippen LogP contribution is 2.63. The van der Waals surface area contributed by atoms with Gasteiger partial charge in [-0.1, -0.05) is 18.6 Å². The van der Waals surface area contributed by atoms with Gasteiger partial charge < -0.3 is 0 Å². The molecule has 0 aromatic carbocycles. The van der Waals surface area contributed by atoms with E-state index in [2.05, 4.69) is 19.6 Å². The summed E-state index contributed by atoms with van der Waals surface area (Å²) in [5.41, 5.74) is 2.03. The van der Waals surface area contributed by atoms with E-state index < -0.39 is 0 Å². The smallest absolute Gasteiger partial charge is 0.155 e. The van der Waals surface area contributed by atoms with Crippen LogP contribution in [0.15, 0.2) is 24.3 Å². The molecule has 0 spiro atoms. The fourth-order valence-corrected chi connectivity index (χ4v) is 6.61. The molecule has 4 aliphatic carbocycles. The Balaban J connectivity index is 1.62. The van der Waals surface area contributed by atoms with Gasteiger partial charge in [-0.3, -0.25) is 4.79 Å². The summed E-state index contributed by atoms with van der Waals surface area (Å²) < 4.78 is 0. The predicted molar refractivity (Wildman–Crippen MR) is 85.8 cm³/mol. The lowest BCUT2D eigenvalue weighted by molar-refractivity contribution is -0.116. The highest BCUT2D eigenvalue weighted by atomic mass is 16.1. The molecule has 21 heavy (non-hydrogen) atoms. The number of rotatable bonds is 1. The molecule has 0 aromatic heterocycles. The topological polar surface area (TPSA) is 17.1 Å². The molecular formula is C20H28O. The van der Waals surface area contributed by atoms with E-state index in [1.165, 1.54) is 44.1 Å². The van der Waals surface area contributed by atoms with E-state index in [1.807, 2.05) is 6.08 Å². The maximum atomic E-state index is 11.7. The van der Waals surface area contributed by atoms with Crippen LogP contribution in [0.3, 0.4) is 0 Å². The SMILES string of the molecule is C=C[C@H]1CCC2C3CCC4=CC(=O)CC[C@@H]4C3CC[C@@]21C. The number of ketones is 1. The van der Waals surface area contributed by atoms with Crippen LogP contribution in [0.25, 0.3) is 0 Å². The van der Waals surface area contributed by atoms with Gasteiger partial charge in [0, 0.05) is 6.42 Å². The number of hydrogen-bond acceptors (Lipinski definition) is 1. The Morgan fingerprint density at radius 2 is 2.00 bits per heavy atom. The summed E-state index contributed by atoms with van der Waals surface area (Å²) in [6.07, 6.45) is 14.3. The predicted octanol–water partition coefficient (Wildman–Crippen LogP) is 4.93. The van der Waals surface area contributed by atoms with Gasteiger partial charge in [0.15, 0.2) is 5.78 Å². The van der Waals surface area contributed by atoms with Crippen LogP contribution in [0, 0.1) is 35.0 Å². The van der Waals surface area contributed by atoms with Crippen LogP contribution in [-0.4, -0.2) is 5.78 Å². The molecule has 4 aliphatic rings.